The molecule has 0 spiro atoms. The molecule has 1 unspecified atom stereocenters. The van der Waals surface area contributed by atoms with Crippen LogP contribution >= 0.6 is 0 Å². The maximum Gasteiger partial charge on any atom is 0.245 e. The van der Waals surface area contributed by atoms with Gasteiger partial charge in [0.25, 0.3) is 0 Å². The van der Waals surface area contributed by atoms with Crippen molar-refractivity contribution in [1.29, 1.82) is 0 Å². The first-order valence-electron chi connectivity index (χ1n) is 9.01. The van der Waals surface area contributed by atoms with Gasteiger partial charge in [-0.3, -0.25) is 14.4 Å². The molecule has 3 aliphatic rings. The van der Waals surface area contributed by atoms with Crippen LogP contribution in [0.3, 0.4) is 0 Å². The van der Waals surface area contributed by atoms with Crippen LogP contribution in [0.15, 0.2) is 0 Å². The molecule has 0 aromatic carbocycles. The van der Waals surface area contributed by atoms with Crippen molar-refractivity contribution in [3.05, 3.63) is 0 Å². The zero-order chi connectivity index (χ0) is 16.3. The van der Waals surface area contributed by atoms with E-state index >= 15 is 0 Å². The summed E-state index contributed by atoms with van der Waals surface area (Å²) in [6.45, 7) is 0. The lowest BCUT2D eigenvalue weighted by Crippen LogP contribution is -2.63. The molecule has 1 aliphatic heterocycles. The van der Waals surface area contributed by atoms with E-state index in [0.29, 0.717) is 25.7 Å². The molecule has 0 aromatic heterocycles. The topological polar surface area (TPSA) is 87.3 Å². The predicted octanol–water partition coefficient (Wildman–Crippen LogP) is 1.14. The summed E-state index contributed by atoms with van der Waals surface area (Å²) in [5, 5.41) is 8.85. The number of hydrogen-bond acceptors (Lipinski definition) is 3. The van der Waals surface area contributed by atoms with Crippen LogP contribution in [0.4, 0.5) is 0 Å². The van der Waals surface area contributed by atoms with Crippen molar-refractivity contribution in [2.45, 2.75) is 88.3 Å². The number of nitrogens with one attached hydrogen (secondary N) is 3. The standard InChI is InChI=1S/C17H27N3O3/c21-14-9-8-13(19-14)15(22)20-17(10-4-1-5-11-17)16(23)18-12-6-2-3-7-12/h12-13H,1-11H2,(H,18,23)(H,19,21)(H,20,22). The highest BCUT2D eigenvalue weighted by Gasteiger charge is 2.43. The number of hydrogen-bond donors (Lipinski definition) is 3. The first-order valence-corrected chi connectivity index (χ1v) is 9.01. The second-order valence-electron chi connectivity index (χ2n) is 7.25. The zero-order valence-corrected chi connectivity index (χ0v) is 13.7. The van der Waals surface area contributed by atoms with Crippen molar-refractivity contribution < 1.29 is 14.4 Å². The number of rotatable bonds is 4. The van der Waals surface area contributed by atoms with Crippen molar-refractivity contribution in [1.82, 2.24) is 16.0 Å². The summed E-state index contributed by atoms with van der Waals surface area (Å²) < 4.78 is 0. The molecule has 2 saturated carbocycles. The fourth-order valence-corrected chi connectivity index (χ4v) is 4.09. The molecule has 6 nitrogen and oxygen atoms in total. The molecule has 3 amide bonds. The molecule has 1 heterocycles. The summed E-state index contributed by atoms with van der Waals surface area (Å²) in [6.07, 6.45) is 9.71. The second-order valence-corrected chi connectivity index (χ2v) is 7.25. The molecule has 0 bridgehead atoms. The van der Waals surface area contributed by atoms with Crippen molar-refractivity contribution in [3.63, 3.8) is 0 Å². The average Bonchev–Trinajstić information content (AvgIpc) is 3.20. The van der Waals surface area contributed by atoms with E-state index in [9.17, 15) is 14.4 Å². The van der Waals surface area contributed by atoms with Crippen LogP contribution in [-0.4, -0.2) is 35.3 Å². The van der Waals surface area contributed by atoms with Gasteiger partial charge in [0.05, 0.1) is 0 Å². The third kappa shape index (κ3) is 3.67. The Balaban J connectivity index is 1.66. The van der Waals surface area contributed by atoms with Gasteiger partial charge in [-0.1, -0.05) is 32.1 Å². The van der Waals surface area contributed by atoms with Gasteiger partial charge in [-0.15, -0.1) is 0 Å². The van der Waals surface area contributed by atoms with Gasteiger partial charge in [-0.25, -0.2) is 0 Å². The van der Waals surface area contributed by atoms with Crippen LogP contribution in [0.25, 0.3) is 0 Å². The average molecular weight is 321 g/mol. The van der Waals surface area contributed by atoms with Crippen LogP contribution in [0.1, 0.15) is 70.6 Å². The molecule has 3 N–H and O–H groups in total. The number of carbonyl (C=O) groups is 3. The first-order chi connectivity index (χ1) is 11.1. The van der Waals surface area contributed by atoms with E-state index in [1.54, 1.807) is 0 Å². The normalized spacial score (nSPS) is 27.5. The molecule has 0 aromatic rings. The van der Waals surface area contributed by atoms with Gasteiger partial charge in [0.2, 0.25) is 17.7 Å². The molecule has 3 rings (SSSR count). The van der Waals surface area contributed by atoms with Crippen LogP contribution in [0.2, 0.25) is 0 Å². The van der Waals surface area contributed by atoms with E-state index < -0.39 is 11.6 Å². The molecule has 2 aliphatic carbocycles. The SMILES string of the molecule is O=C1CCC(C(=O)NC2(C(=O)NC3CCCC3)CCCCC2)N1. The highest BCUT2D eigenvalue weighted by molar-refractivity contribution is 5.96. The van der Waals surface area contributed by atoms with Gasteiger partial charge in [0.15, 0.2) is 0 Å². The summed E-state index contributed by atoms with van der Waals surface area (Å²) in [7, 11) is 0. The summed E-state index contributed by atoms with van der Waals surface area (Å²) in [6, 6.07) is -0.232. The molecule has 23 heavy (non-hydrogen) atoms. The van der Waals surface area contributed by atoms with Crippen LogP contribution in [0, 0.1) is 0 Å². The molecular formula is C17H27N3O3. The molecule has 0 radical (unpaired) electrons. The van der Waals surface area contributed by atoms with Gasteiger partial charge < -0.3 is 16.0 Å². The fraction of sp³-hybridized carbons (Fsp3) is 0.824. The Morgan fingerprint density at radius 3 is 2.30 bits per heavy atom. The van der Waals surface area contributed by atoms with E-state index in [4.69, 9.17) is 0 Å². The highest BCUT2D eigenvalue weighted by atomic mass is 16.2. The smallest absolute Gasteiger partial charge is 0.245 e. The van der Waals surface area contributed by atoms with Crippen LogP contribution in [-0.2, 0) is 14.4 Å². The summed E-state index contributed by atoms with van der Waals surface area (Å²) in [5.41, 5.74) is -0.786. The van der Waals surface area contributed by atoms with Gasteiger partial charge in [-0.2, -0.15) is 0 Å². The van der Waals surface area contributed by atoms with Crippen LogP contribution < -0.4 is 16.0 Å². The quantitative estimate of drug-likeness (QED) is 0.726. The Kier molecular flexibility index (Phi) is 4.87. The fourth-order valence-electron chi connectivity index (χ4n) is 4.09. The number of amides is 3. The van der Waals surface area contributed by atoms with Gasteiger partial charge >= 0.3 is 0 Å². The minimum Gasteiger partial charge on any atom is -0.351 e. The molecule has 1 saturated heterocycles. The second kappa shape index (κ2) is 6.89. The van der Waals surface area contributed by atoms with Crippen molar-refractivity contribution in [2.24, 2.45) is 0 Å². The van der Waals surface area contributed by atoms with E-state index in [1.165, 1.54) is 12.8 Å². The first kappa shape index (κ1) is 16.3. The molecular weight excluding hydrogens is 294 g/mol. The van der Waals surface area contributed by atoms with Crippen molar-refractivity contribution in [3.8, 4) is 0 Å². The lowest BCUT2D eigenvalue weighted by Gasteiger charge is -2.38. The predicted molar refractivity (Wildman–Crippen MR) is 85.5 cm³/mol. The highest BCUT2D eigenvalue weighted by Crippen LogP contribution is 2.30. The Bertz CT molecular complexity index is 479. The lowest BCUT2D eigenvalue weighted by atomic mass is 9.80. The third-order valence-electron chi connectivity index (χ3n) is 5.51. The van der Waals surface area contributed by atoms with Gasteiger partial charge in [-0.05, 0) is 32.1 Å². The van der Waals surface area contributed by atoms with Crippen molar-refractivity contribution in [2.75, 3.05) is 0 Å². The molecule has 3 fully saturated rings. The van der Waals surface area contributed by atoms with Gasteiger partial charge in [0, 0.05) is 12.5 Å². The Morgan fingerprint density at radius 1 is 1.00 bits per heavy atom. The van der Waals surface area contributed by atoms with E-state index in [-0.39, 0.29) is 23.8 Å². The van der Waals surface area contributed by atoms with E-state index in [0.717, 1.165) is 32.1 Å². The molecule has 6 heteroatoms. The van der Waals surface area contributed by atoms with Crippen molar-refractivity contribution >= 4 is 17.7 Å². The monoisotopic (exact) mass is 321 g/mol. The Morgan fingerprint density at radius 2 is 1.70 bits per heavy atom. The minimum absolute atomic E-state index is 0.0261. The summed E-state index contributed by atoms with van der Waals surface area (Å²) in [4.78, 5) is 36.7. The minimum atomic E-state index is -0.786. The molecule has 128 valence electrons. The third-order valence-corrected chi connectivity index (χ3v) is 5.51. The Labute approximate surface area is 137 Å². The van der Waals surface area contributed by atoms with Crippen LogP contribution in [0.5, 0.6) is 0 Å². The summed E-state index contributed by atoms with van der Waals surface area (Å²) in [5.74, 6) is -0.320. The maximum atomic E-state index is 12.9. The van der Waals surface area contributed by atoms with E-state index in [1.807, 2.05) is 0 Å². The lowest BCUT2D eigenvalue weighted by molar-refractivity contribution is -0.136. The molecule has 1 atom stereocenters. The van der Waals surface area contributed by atoms with Gasteiger partial charge in [0.1, 0.15) is 11.6 Å². The Hall–Kier alpha value is -1.59. The summed E-state index contributed by atoms with van der Waals surface area (Å²) >= 11 is 0. The number of carbonyl (C=O) groups excluding carboxylic acids is 3. The van der Waals surface area contributed by atoms with E-state index in [2.05, 4.69) is 16.0 Å². The maximum absolute atomic E-state index is 12.9. The largest absolute Gasteiger partial charge is 0.351 e. The zero-order valence-electron chi connectivity index (χ0n) is 13.7.